The van der Waals surface area contributed by atoms with Gasteiger partial charge in [-0.05, 0) is 32.2 Å². The van der Waals surface area contributed by atoms with Gasteiger partial charge in [-0.1, -0.05) is 6.07 Å². The third-order valence-electron chi connectivity index (χ3n) is 3.69. The van der Waals surface area contributed by atoms with Gasteiger partial charge in [0, 0.05) is 24.8 Å². The number of amides is 1. The molecule has 1 aromatic carbocycles. The quantitative estimate of drug-likeness (QED) is 0.841. The van der Waals surface area contributed by atoms with E-state index in [1.165, 1.54) is 0 Å². The Bertz CT molecular complexity index is 522. The molecular weight excluding hydrogens is 240 g/mol. The van der Waals surface area contributed by atoms with Crippen molar-refractivity contribution < 1.29 is 4.79 Å². The zero-order chi connectivity index (χ0) is 14.0. The van der Waals surface area contributed by atoms with E-state index in [4.69, 9.17) is 11.0 Å². The molecule has 0 radical (unpaired) electrons. The molecule has 0 spiro atoms. The van der Waals surface area contributed by atoms with E-state index < -0.39 is 0 Å². The highest BCUT2D eigenvalue weighted by molar-refractivity contribution is 5.98. The molecule has 2 rings (SSSR count). The van der Waals surface area contributed by atoms with Crippen LogP contribution in [0.2, 0.25) is 0 Å². The van der Waals surface area contributed by atoms with Crippen molar-refractivity contribution in [3.8, 4) is 6.07 Å². The van der Waals surface area contributed by atoms with E-state index in [0.717, 1.165) is 5.69 Å². The van der Waals surface area contributed by atoms with Gasteiger partial charge in [0.2, 0.25) is 5.91 Å². The average Bonchev–Trinajstić information content (AvgIpc) is 2.43. The zero-order valence-corrected chi connectivity index (χ0v) is 11.2. The summed E-state index contributed by atoms with van der Waals surface area (Å²) >= 11 is 0. The Morgan fingerprint density at radius 3 is 2.89 bits per heavy atom. The van der Waals surface area contributed by atoms with E-state index in [2.05, 4.69) is 13.0 Å². The van der Waals surface area contributed by atoms with Crippen LogP contribution in [0.5, 0.6) is 0 Å². The number of benzene rings is 1. The van der Waals surface area contributed by atoms with Crippen LogP contribution < -0.4 is 10.6 Å². The molecule has 0 aromatic heterocycles. The van der Waals surface area contributed by atoms with Gasteiger partial charge < -0.3 is 10.6 Å². The van der Waals surface area contributed by atoms with E-state index in [0.29, 0.717) is 18.7 Å². The first-order chi connectivity index (χ1) is 9.08. The summed E-state index contributed by atoms with van der Waals surface area (Å²) in [4.78, 5) is 16.2. The molecule has 100 valence electrons. The average molecular weight is 258 g/mol. The molecule has 0 saturated carbocycles. The maximum Gasteiger partial charge on any atom is 0.245 e. The fraction of sp³-hybridized carbons (Fsp3) is 0.429. The Labute approximate surface area is 113 Å². The van der Waals surface area contributed by atoms with Crippen molar-refractivity contribution in [3.05, 3.63) is 29.8 Å². The van der Waals surface area contributed by atoms with Gasteiger partial charge in [0.1, 0.15) is 6.04 Å². The summed E-state index contributed by atoms with van der Waals surface area (Å²) in [6, 6.07) is 9.14. The Morgan fingerprint density at radius 2 is 2.26 bits per heavy atom. The lowest BCUT2D eigenvalue weighted by atomic mass is 10.1. The molecule has 5 nitrogen and oxygen atoms in total. The number of rotatable bonds is 2. The van der Waals surface area contributed by atoms with Crippen LogP contribution in [-0.2, 0) is 4.79 Å². The summed E-state index contributed by atoms with van der Waals surface area (Å²) < 4.78 is 0. The third kappa shape index (κ3) is 2.46. The van der Waals surface area contributed by atoms with Gasteiger partial charge in [0.25, 0.3) is 0 Å². The minimum absolute atomic E-state index is 0.00168. The molecule has 1 heterocycles. The largest absolute Gasteiger partial charge is 0.328 e. The highest BCUT2D eigenvalue weighted by Crippen LogP contribution is 2.23. The second-order valence-electron chi connectivity index (χ2n) is 4.88. The molecule has 0 bridgehead atoms. The van der Waals surface area contributed by atoms with Crippen LogP contribution in [0.3, 0.4) is 0 Å². The van der Waals surface area contributed by atoms with Crippen LogP contribution in [0.15, 0.2) is 24.3 Å². The molecule has 1 saturated heterocycles. The highest BCUT2D eigenvalue weighted by Gasteiger charge is 2.36. The maximum atomic E-state index is 12.4. The number of nitrogens with two attached hydrogens (primary N) is 1. The lowest BCUT2D eigenvalue weighted by Crippen LogP contribution is -2.62. The van der Waals surface area contributed by atoms with Gasteiger partial charge in [-0.25, -0.2) is 0 Å². The van der Waals surface area contributed by atoms with Crippen LogP contribution in [0.25, 0.3) is 0 Å². The van der Waals surface area contributed by atoms with Crippen molar-refractivity contribution in [2.45, 2.75) is 19.0 Å². The van der Waals surface area contributed by atoms with Gasteiger partial charge in [-0.3, -0.25) is 9.69 Å². The number of anilines is 1. The Kier molecular flexibility index (Phi) is 3.84. The summed E-state index contributed by atoms with van der Waals surface area (Å²) in [5, 5.41) is 8.94. The van der Waals surface area contributed by atoms with E-state index in [9.17, 15) is 4.79 Å². The summed E-state index contributed by atoms with van der Waals surface area (Å²) in [6.45, 7) is 2.98. The first kappa shape index (κ1) is 13.5. The maximum absolute atomic E-state index is 12.4. The SMILES string of the molecule is CC1CN(c2cccc(C#N)c2)C(=O)C(CN)N1C. The second kappa shape index (κ2) is 5.39. The predicted octanol–water partition coefficient (Wildman–Crippen LogP) is 0.552. The summed E-state index contributed by atoms with van der Waals surface area (Å²) in [7, 11) is 1.92. The van der Waals surface area contributed by atoms with Crippen molar-refractivity contribution in [1.82, 2.24) is 4.90 Å². The second-order valence-corrected chi connectivity index (χ2v) is 4.88. The zero-order valence-electron chi connectivity index (χ0n) is 11.2. The lowest BCUT2D eigenvalue weighted by molar-refractivity contribution is -0.126. The van der Waals surface area contributed by atoms with Crippen LogP contribution in [-0.4, -0.2) is 43.0 Å². The van der Waals surface area contributed by atoms with Crippen LogP contribution in [0.1, 0.15) is 12.5 Å². The fourth-order valence-electron chi connectivity index (χ4n) is 2.39. The van der Waals surface area contributed by atoms with Crippen LogP contribution >= 0.6 is 0 Å². The molecule has 2 unspecified atom stereocenters. The standard InChI is InChI=1S/C14H18N4O/c1-10-9-18(14(19)13(8-16)17(10)2)12-5-3-4-11(6-12)7-15/h3-6,10,13H,8-9,16H2,1-2H3. The number of nitriles is 1. The molecule has 1 aromatic rings. The summed E-state index contributed by atoms with van der Waals surface area (Å²) in [6.07, 6.45) is 0. The van der Waals surface area contributed by atoms with Crippen LogP contribution in [0.4, 0.5) is 5.69 Å². The third-order valence-corrected chi connectivity index (χ3v) is 3.69. The molecule has 2 N–H and O–H groups in total. The fourth-order valence-corrected chi connectivity index (χ4v) is 2.39. The highest BCUT2D eigenvalue weighted by atomic mass is 16.2. The predicted molar refractivity (Wildman–Crippen MR) is 73.6 cm³/mol. The molecule has 1 aliphatic heterocycles. The lowest BCUT2D eigenvalue weighted by Gasteiger charge is -2.42. The monoisotopic (exact) mass is 258 g/mol. The molecule has 5 heteroatoms. The number of nitrogens with zero attached hydrogens (tertiary/aromatic N) is 3. The molecule has 1 amide bonds. The number of hydrogen-bond acceptors (Lipinski definition) is 4. The number of carbonyl (C=O) groups is 1. The first-order valence-corrected chi connectivity index (χ1v) is 6.32. The van der Waals surface area contributed by atoms with Gasteiger partial charge >= 0.3 is 0 Å². The topological polar surface area (TPSA) is 73.4 Å². The Hall–Kier alpha value is -1.90. The van der Waals surface area contributed by atoms with E-state index >= 15 is 0 Å². The summed E-state index contributed by atoms with van der Waals surface area (Å²) in [5.74, 6) is -0.00168. The number of likely N-dealkylation sites (N-methyl/N-ethyl adjacent to an activating group) is 1. The van der Waals surface area contributed by atoms with Crippen molar-refractivity contribution in [3.63, 3.8) is 0 Å². The van der Waals surface area contributed by atoms with Gasteiger partial charge in [0.05, 0.1) is 11.6 Å². The van der Waals surface area contributed by atoms with Gasteiger partial charge in [-0.15, -0.1) is 0 Å². The van der Waals surface area contributed by atoms with Crippen molar-refractivity contribution in [1.29, 1.82) is 5.26 Å². The molecular formula is C14H18N4O. The normalized spacial score (nSPS) is 24.3. The molecule has 1 fully saturated rings. The van der Waals surface area contributed by atoms with Gasteiger partial charge in [-0.2, -0.15) is 5.26 Å². The van der Waals surface area contributed by atoms with Crippen molar-refractivity contribution >= 4 is 11.6 Å². The van der Waals surface area contributed by atoms with Crippen LogP contribution in [0, 0.1) is 11.3 Å². The van der Waals surface area contributed by atoms with E-state index in [-0.39, 0.29) is 18.0 Å². The minimum atomic E-state index is -0.297. The number of carbonyl (C=O) groups excluding carboxylic acids is 1. The van der Waals surface area contributed by atoms with E-state index in [1.54, 1.807) is 23.1 Å². The Balaban J connectivity index is 2.33. The molecule has 1 aliphatic rings. The number of hydrogen-bond donors (Lipinski definition) is 1. The molecule has 19 heavy (non-hydrogen) atoms. The van der Waals surface area contributed by atoms with Crippen molar-refractivity contribution in [2.24, 2.45) is 5.73 Å². The van der Waals surface area contributed by atoms with Gasteiger partial charge in [0.15, 0.2) is 0 Å². The van der Waals surface area contributed by atoms with Crippen molar-refractivity contribution in [2.75, 3.05) is 25.0 Å². The molecule has 0 aliphatic carbocycles. The summed E-state index contributed by atoms with van der Waals surface area (Å²) in [5.41, 5.74) is 7.02. The minimum Gasteiger partial charge on any atom is -0.328 e. The Morgan fingerprint density at radius 1 is 1.53 bits per heavy atom. The first-order valence-electron chi connectivity index (χ1n) is 6.32. The van der Waals surface area contributed by atoms with E-state index in [1.807, 2.05) is 18.0 Å². The number of piperazine rings is 1. The smallest absolute Gasteiger partial charge is 0.245 e. The molecule has 2 atom stereocenters.